The molecule has 2 heterocycles. The van der Waals surface area contributed by atoms with Gasteiger partial charge in [0.2, 0.25) is 0 Å². The standard InChI is InChI=1S/C21H20O3/c1-13-12-15(14-6-4-3-5-7-14)8-9-16(13)18-19(22)17-10-11-21(2,24-17)20(18)23/h3-9,12,17-18H,10-11H2,1-2H3/t17-,18?,21+/m0/s1. The molecule has 3 heteroatoms. The molecule has 2 aromatic rings. The molecule has 24 heavy (non-hydrogen) atoms. The van der Waals surface area contributed by atoms with Gasteiger partial charge in [0.05, 0.1) is 0 Å². The van der Waals surface area contributed by atoms with E-state index in [1.807, 2.05) is 44.2 Å². The summed E-state index contributed by atoms with van der Waals surface area (Å²) in [4.78, 5) is 25.6. The number of ketones is 2. The Morgan fingerprint density at radius 2 is 1.79 bits per heavy atom. The molecule has 2 aliphatic heterocycles. The number of ether oxygens (including phenoxy) is 1. The van der Waals surface area contributed by atoms with E-state index >= 15 is 0 Å². The van der Waals surface area contributed by atoms with Gasteiger partial charge >= 0.3 is 0 Å². The van der Waals surface area contributed by atoms with E-state index in [0.717, 1.165) is 22.3 Å². The third-order valence-corrected chi connectivity index (χ3v) is 5.36. The first-order valence-corrected chi connectivity index (χ1v) is 8.41. The van der Waals surface area contributed by atoms with Crippen molar-refractivity contribution in [3.05, 3.63) is 59.7 Å². The topological polar surface area (TPSA) is 43.4 Å². The van der Waals surface area contributed by atoms with Crippen LogP contribution in [0.15, 0.2) is 48.5 Å². The van der Waals surface area contributed by atoms with Gasteiger partial charge in [-0.2, -0.15) is 0 Å². The van der Waals surface area contributed by atoms with E-state index in [0.29, 0.717) is 12.8 Å². The second-order valence-corrected chi connectivity index (χ2v) is 7.01. The molecule has 0 saturated carbocycles. The molecule has 122 valence electrons. The molecule has 1 unspecified atom stereocenters. The smallest absolute Gasteiger partial charge is 0.179 e. The van der Waals surface area contributed by atoms with Crippen LogP contribution < -0.4 is 0 Å². The molecule has 2 aliphatic rings. The van der Waals surface area contributed by atoms with Gasteiger partial charge in [-0.05, 0) is 48.9 Å². The van der Waals surface area contributed by atoms with Crippen molar-refractivity contribution in [3.8, 4) is 11.1 Å². The Bertz CT molecular complexity index is 824. The van der Waals surface area contributed by atoms with Crippen LogP contribution in [0.2, 0.25) is 0 Å². The van der Waals surface area contributed by atoms with Crippen molar-refractivity contribution in [2.75, 3.05) is 0 Å². The van der Waals surface area contributed by atoms with Gasteiger partial charge in [0, 0.05) is 0 Å². The van der Waals surface area contributed by atoms with Crippen molar-refractivity contribution in [2.45, 2.75) is 44.3 Å². The minimum absolute atomic E-state index is 0.0782. The molecule has 0 aromatic heterocycles. The van der Waals surface area contributed by atoms with Gasteiger partial charge in [-0.1, -0.05) is 48.5 Å². The monoisotopic (exact) mass is 320 g/mol. The van der Waals surface area contributed by atoms with Gasteiger partial charge in [-0.15, -0.1) is 0 Å². The van der Waals surface area contributed by atoms with Crippen molar-refractivity contribution in [2.24, 2.45) is 0 Å². The third-order valence-electron chi connectivity index (χ3n) is 5.36. The van der Waals surface area contributed by atoms with Crippen LogP contribution in [-0.4, -0.2) is 23.3 Å². The molecule has 2 saturated heterocycles. The normalized spacial score (nSPS) is 29.1. The summed E-state index contributed by atoms with van der Waals surface area (Å²) in [6.45, 7) is 3.80. The van der Waals surface area contributed by atoms with E-state index in [1.54, 1.807) is 0 Å². The first-order valence-electron chi connectivity index (χ1n) is 8.41. The molecular weight excluding hydrogens is 300 g/mol. The van der Waals surface area contributed by atoms with Crippen LogP contribution in [0.4, 0.5) is 0 Å². The summed E-state index contributed by atoms with van der Waals surface area (Å²) in [5.74, 6) is -0.844. The van der Waals surface area contributed by atoms with E-state index in [9.17, 15) is 9.59 Å². The molecule has 0 spiro atoms. The van der Waals surface area contributed by atoms with Crippen LogP contribution in [0.1, 0.15) is 36.8 Å². The minimum Gasteiger partial charge on any atom is -0.356 e. The number of hydrogen-bond acceptors (Lipinski definition) is 3. The van der Waals surface area contributed by atoms with Gasteiger partial charge in [0.1, 0.15) is 17.6 Å². The zero-order valence-corrected chi connectivity index (χ0v) is 13.9. The number of fused-ring (bicyclic) bond motifs is 2. The van der Waals surface area contributed by atoms with Crippen LogP contribution in [0, 0.1) is 6.92 Å². The maximum Gasteiger partial charge on any atom is 0.179 e. The number of carbonyl (C=O) groups excluding carboxylic acids is 2. The van der Waals surface area contributed by atoms with Gasteiger partial charge < -0.3 is 4.74 Å². The van der Waals surface area contributed by atoms with E-state index in [-0.39, 0.29) is 11.6 Å². The molecule has 3 atom stereocenters. The van der Waals surface area contributed by atoms with Gasteiger partial charge in [0.15, 0.2) is 11.6 Å². The number of aryl methyl sites for hydroxylation is 1. The number of benzene rings is 2. The van der Waals surface area contributed by atoms with E-state index in [4.69, 9.17) is 4.74 Å². The third kappa shape index (κ3) is 2.23. The predicted molar refractivity (Wildman–Crippen MR) is 91.9 cm³/mol. The van der Waals surface area contributed by atoms with Crippen LogP contribution >= 0.6 is 0 Å². The number of rotatable bonds is 2. The van der Waals surface area contributed by atoms with E-state index < -0.39 is 17.6 Å². The van der Waals surface area contributed by atoms with E-state index in [2.05, 4.69) is 18.2 Å². The lowest BCUT2D eigenvalue weighted by molar-refractivity contribution is -0.160. The van der Waals surface area contributed by atoms with Gasteiger partial charge in [-0.25, -0.2) is 0 Å². The number of Topliss-reactive ketones (excluding diaryl/α,β-unsaturated/α-hetero) is 2. The number of carbonyl (C=O) groups is 2. The lowest BCUT2D eigenvalue weighted by Gasteiger charge is -2.33. The Labute approximate surface area is 141 Å². The van der Waals surface area contributed by atoms with Gasteiger partial charge in [0.25, 0.3) is 0 Å². The molecular formula is C21H20O3. The van der Waals surface area contributed by atoms with E-state index in [1.165, 1.54) is 0 Å². The average Bonchev–Trinajstić information content (AvgIpc) is 2.97. The average molecular weight is 320 g/mol. The summed E-state index contributed by atoms with van der Waals surface area (Å²) in [6.07, 6.45) is 0.865. The summed E-state index contributed by atoms with van der Waals surface area (Å²) in [5, 5.41) is 0. The van der Waals surface area contributed by atoms with Crippen LogP contribution in [0.5, 0.6) is 0 Å². The molecule has 2 bridgehead atoms. The zero-order valence-electron chi connectivity index (χ0n) is 13.9. The van der Waals surface area contributed by atoms with Crippen LogP contribution in [-0.2, 0) is 14.3 Å². The molecule has 2 fully saturated rings. The van der Waals surface area contributed by atoms with Crippen molar-refractivity contribution in [1.82, 2.24) is 0 Å². The molecule has 4 rings (SSSR count). The summed E-state index contributed by atoms with van der Waals surface area (Å²) in [6, 6.07) is 16.1. The van der Waals surface area contributed by atoms with Crippen LogP contribution in [0.3, 0.4) is 0 Å². The Kier molecular flexibility index (Phi) is 3.43. The SMILES string of the molecule is Cc1cc(-c2ccccc2)ccc1C1C(=O)[C@@H]2CC[C@@](C)(O2)C1=O. The molecule has 0 radical (unpaired) electrons. The molecule has 0 N–H and O–H groups in total. The van der Waals surface area contributed by atoms with Gasteiger partial charge in [-0.3, -0.25) is 9.59 Å². The Morgan fingerprint density at radius 1 is 1.04 bits per heavy atom. The largest absolute Gasteiger partial charge is 0.356 e. The maximum absolute atomic E-state index is 12.9. The highest BCUT2D eigenvalue weighted by Crippen LogP contribution is 2.43. The number of hydrogen-bond donors (Lipinski definition) is 0. The summed E-state index contributed by atoms with van der Waals surface area (Å²) >= 11 is 0. The van der Waals surface area contributed by atoms with Crippen molar-refractivity contribution in [1.29, 1.82) is 0 Å². The lowest BCUT2D eigenvalue weighted by atomic mass is 9.79. The lowest BCUT2D eigenvalue weighted by Crippen LogP contribution is -2.49. The van der Waals surface area contributed by atoms with Crippen molar-refractivity contribution >= 4 is 11.6 Å². The molecule has 0 aliphatic carbocycles. The first kappa shape index (κ1) is 15.3. The highest BCUT2D eigenvalue weighted by atomic mass is 16.5. The fraction of sp³-hybridized carbons (Fsp3) is 0.333. The van der Waals surface area contributed by atoms with Crippen molar-refractivity contribution < 1.29 is 14.3 Å². The molecule has 2 aromatic carbocycles. The highest BCUT2D eigenvalue weighted by molar-refractivity contribution is 6.15. The fourth-order valence-corrected chi connectivity index (χ4v) is 3.94. The minimum atomic E-state index is -0.798. The first-order chi connectivity index (χ1) is 11.5. The highest BCUT2D eigenvalue weighted by Gasteiger charge is 2.55. The fourth-order valence-electron chi connectivity index (χ4n) is 3.94. The Balaban J connectivity index is 1.74. The Hall–Kier alpha value is -2.26. The second kappa shape index (κ2) is 5.38. The molecule has 3 nitrogen and oxygen atoms in total. The second-order valence-electron chi connectivity index (χ2n) is 7.01. The molecule has 0 amide bonds. The predicted octanol–water partition coefficient (Wildman–Crippen LogP) is 3.84. The quantitative estimate of drug-likeness (QED) is 0.790. The Morgan fingerprint density at radius 3 is 2.50 bits per heavy atom. The zero-order chi connectivity index (χ0) is 16.9. The summed E-state index contributed by atoms with van der Waals surface area (Å²) in [7, 11) is 0. The summed E-state index contributed by atoms with van der Waals surface area (Å²) < 4.78 is 5.69. The van der Waals surface area contributed by atoms with Crippen molar-refractivity contribution in [3.63, 3.8) is 0 Å². The van der Waals surface area contributed by atoms with Crippen LogP contribution in [0.25, 0.3) is 11.1 Å². The summed E-state index contributed by atoms with van der Waals surface area (Å²) in [5.41, 5.74) is 3.23. The maximum atomic E-state index is 12.9.